The number of methoxy groups -OCH3 is 1. The van der Waals surface area contributed by atoms with Gasteiger partial charge in [0.15, 0.2) is 0 Å². The van der Waals surface area contributed by atoms with E-state index in [1.807, 2.05) is 6.07 Å². The Kier molecular flexibility index (Phi) is 5.45. The number of ether oxygens (including phenoxy) is 2. The zero-order chi connectivity index (χ0) is 12.7. The molecule has 1 amide bonds. The molecule has 5 heteroatoms. The maximum atomic E-state index is 11.9. The molecule has 0 unspecified atom stereocenters. The maximum Gasteiger partial charge on any atom is 0.280 e. The van der Waals surface area contributed by atoms with Crippen LogP contribution in [0, 0.1) is 0 Å². The van der Waals surface area contributed by atoms with Crippen LogP contribution in [0.5, 0.6) is 5.75 Å². The number of hydrogen-bond donors (Lipinski definition) is 0. The van der Waals surface area contributed by atoms with Gasteiger partial charge in [-0.1, -0.05) is 12.1 Å². The van der Waals surface area contributed by atoms with E-state index in [1.54, 1.807) is 32.4 Å². The van der Waals surface area contributed by atoms with Gasteiger partial charge in [0.2, 0.25) is 0 Å². The fourth-order valence-corrected chi connectivity index (χ4v) is 1.26. The average molecular weight is 239 g/mol. The molecule has 0 aliphatic rings. The van der Waals surface area contributed by atoms with Crippen molar-refractivity contribution in [1.82, 2.24) is 5.06 Å². The first-order valence-electron chi connectivity index (χ1n) is 5.23. The van der Waals surface area contributed by atoms with Crippen molar-refractivity contribution >= 4 is 5.91 Å². The van der Waals surface area contributed by atoms with E-state index in [-0.39, 0.29) is 5.91 Å². The molecule has 0 aromatic heterocycles. The molecule has 5 nitrogen and oxygen atoms in total. The molecule has 0 radical (unpaired) electrons. The molecule has 0 aliphatic carbocycles. The lowest BCUT2D eigenvalue weighted by Crippen LogP contribution is -2.26. The van der Waals surface area contributed by atoms with E-state index in [0.29, 0.717) is 24.5 Å². The third-order valence-corrected chi connectivity index (χ3v) is 2.22. The molecular formula is C12H17NO4. The van der Waals surface area contributed by atoms with Gasteiger partial charge < -0.3 is 9.47 Å². The number of para-hydroxylation sites is 1. The van der Waals surface area contributed by atoms with Crippen molar-refractivity contribution < 1.29 is 19.1 Å². The predicted molar refractivity (Wildman–Crippen MR) is 62.9 cm³/mol. The second kappa shape index (κ2) is 6.88. The Morgan fingerprint density at radius 1 is 1.24 bits per heavy atom. The van der Waals surface area contributed by atoms with Crippen LogP contribution in [0.15, 0.2) is 24.3 Å². The lowest BCUT2D eigenvalue weighted by Gasteiger charge is -2.16. The molecule has 1 aromatic carbocycles. The summed E-state index contributed by atoms with van der Waals surface area (Å²) in [7, 11) is 4.58. The highest BCUT2D eigenvalue weighted by molar-refractivity contribution is 5.96. The molecule has 0 fully saturated rings. The van der Waals surface area contributed by atoms with Gasteiger partial charge in [0, 0.05) is 14.2 Å². The topological polar surface area (TPSA) is 48.0 Å². The van der Waals surface area contributed by atoms with Crippen LogP contribution in [0.4, 0.5) is 0 Å². The number of benzene rings is 1. The van der Waals surface area contributed by atoms with Gasteiger partial charge in [0.05, 0.1) is 19.3 Å². The normalized spacial score (nSPS) is 10.1. The first-order chi connectivity index (χ1) is 8.20. The van der Waals surface area contributed by atoms with Gasteiger partial charge in [-0.05, 0) is 12.1 Å². The number of carbonyl (C=O) groups excluding carboxylic acids is 1. The molecule has 0 heterocycles. The van der Waals surface area contributed by atoms with E-state index in [4.69, 9.17) is 14.3 Å². The Balaban J connectivity index is 2.80. The van der Waals surface area contributed by atoms with Crippen LogP contribution in [0.1, 0.15) is 10.4 Å². The summed E-state index contributed by atoms with van der Waals surface area (Å²) in [5.41, 5.74) is 0.466. The summed E-state index contributed by atoms with van der Waals surface area (Å²) in [5, 5.41) is 1.15. The smallest absolute Gasteiger partial charge is 0.280 e. The third kappa shape index (κ3) is 3.72. The van der Waals surface area contributed by atoms with Crippen molar-refractivity contribution in [1.29, 1.82) is 0 Å². The largest absolute Gasteiger partial charge is 0.490 e. The summed E-state index contributed by atoms with van der Waals surface area (Å²) in [6.45, 7) is 0.875. The number of carbonyl (C=O) groups is 1. The summed E-state index contributed by atoms with van der Waals surface area (Å²) < 4.78 is 10.4. The Labute approximate surface area is 101 Å². The minimum absolute atomic E-state index is 0.250. The van der Waals surface area contributed by atoms with Crippen molar-refractivity contribution in [3.8, 4) is 5.75 Å². The SMILES string of the molecule is COCCOc1ccccc1C(=O)N(C)OC. The van der Waals surface area contributed by atoms with Gasteiger partial charge in [-0.3, -0.25) is 9.63 Å². The van der Waals surface area contributed by atoms with Crippen LogP contribution < -0.4 is 4.74 Å². The molecule has 0 spiro atoms. The van der Waals surface area contributed by atoms with Gasteiger partial charge in [-0.15, -0.1) is 0 Å². The standard InChI is InChI=1S/C12H17NO4/c1-13(16-3)12(14)10-6-4-5-7-11(10)17-9-8-15-2/h4-7H,8-9H2,1-3H3. The number of hydrogen-bond acceptors (Lipinski definition) is 4. The lowest BCUT2D eigenvalue weighted by atomic mass is 10.2. The summed E-state index contributed by atoms with van der Waals surface area (Å²) in [5.74, 6) is 0.277. The zero-order valence-corrected chi connectivity index (χ0v) is 10.3. The Hall–Kier alpha value is -1.59. The van der Waals surface area contributed by atoms with E-state index in [2.05, 4.69) is 0 Å². The lowest BCUT2D eigenvalue weighted by molar-refractivity contribution is -0.0758. The molecule has 0 saturated heterocycles. The van der Waals surface area contributed by atoms with Crippen molar-refractivity contribution in [3.05, 3.63) is 29.8 Å². The fourth-order valence-electron chi connectivity index (χ4n) is 1.26. The molecule has 0 bridgehead atoms. The van der Waals surface area contributed by atoms with Crippen LogP contribution in [-0.2, 0) is 9.57 Å². The monoisotopic (exact) mass is 239 g/mol. The van der Waals surface area contributed by atoms with E-state index in [9.17, 15) is 4.79 Å². The van der Waals surface area contributed by atoms with Gasteiger partial charge >= 0.3 is 0 Å². The molecule has 0 N–H and O–H groups in total. The first-order valence-corrected chi connectivity index (χ1v) is 5.23. The third-order valence-electron chi connectivity index (χ3n) is 2.22. The van der Waals surface area contributed by atoms with E-state index < -0.39 is 0 Å². The highest BCUT2D eigenvalue weighted by atomic mass is 16.7. The Bertz CT molecular complexity index is 367. The number of nitrogens with zero attached hydrogens (tertiary/aromatic N) is 1. The predicted octanol–water partition coefficient (Wildman–Crippen LogP) is 1.35. The molecule has 0 atom stereocenters. The quantitative estimate of drug-likeness (QED) is 0.555. The van der Waals surface area contributed by atoms with Gasteiger partial charge in [0.25, 0.3) is 5.91 Å². The molecule has 1 aromatic rings. The summed E-state index contributed by atoms with van der Waals surface area (Å²) >= 11 is 0. The average Bonchev–Trinajstić information content (AvgIpc) is 2.38. The molecule has 0 aliphatic heterocycles. The maximum absolute atomic E-state index is 11.9. The minimum atomic E-state index is -0.250. The van der Waals surface area contributed by atoms with E-state index in [0.717, 1.165) is 5.06 Å². The minimum Gasteiger partial charge on any atom is -0.490 e. The molecule has 0 saturated carbocycles. The number of rotatable bonds is 6. The second-order valence-electron chi connectivity index (χ2n) is 3.32. The van der Waals surface area contributed by atoms with E-state index >= 15 is 0 Å². The molecule has 17 heavy (non-hydrogen) atoms. The van der Waals surface area contributed by atoms with Crippen molar-refractivity contribution in [2.45, 2.75) is 0 Å². The summed E-state index contributed by atoms with van der Waals surface area (Å²) in [6, 6.07) is 7.03. The van der Waals surface area contributed by atoms with Crippen LogP contribution in [0.2, 0.25) is 0 Å². The van der Waals surface area contributed by atoms with Crippen LogP contribution in [0.3, 0.4) is 0 Å². The van der Waals surface area contributed by atoms with Crippen LogP contribution in [-0.4, -0.2) is 45.5 Å². The fraction of sp³-hybridized carbons (Fsp3) is 0.417. The Morgan fingerprint density at radius 3 is 2.59 bits per heavy atom. The number of hydroxylamine groups is 2. The van der Waals surface area contributed by atoms with Gasteiger partial charge in [-0.2, -0.15) is 0 Å². The molecule has 1 rings (SSSR count). The van der Waals surface area contributed by atoms with Gasteiger partial charge in [-0.25, -0.2) is 5.06 Å². The molecule has 94 valence electrons. The van der Waals surface area contributed by atoms with Crippen molar-refractivity contribution in [2.75, 3.05) is 34.5 Å². The summed E-state index contributed by atoms with van der Waals surface area (Å²) in [4.78, 5) is 16.8. The first kappa shape index (κ1) is 13.5. The van der Waals surface area contributed by atoms with Gasteiger partial charge in [0.1, 0.15) is 12.4 Å². The highest BCUT2D eigenvalue weighted by Crippen LogP contribution is 2.19. The second-order valence-corrected chi connectivity index (χ2v) is 3.32. The molecular weight excluding hydrogens is 222 g/mol. The number of amides is 1. The van der Waals surface area contributed by atoms with Crippen molar-refractivity contribution in [2.24, 2.45) is 0 Å². The van der Waals surface area contributed by atoms with Crippen LogP contribution >= 0.6 is 0 Å². The van der Waals surface area contributed by atoms with E-state index in [1.165, 1.54) is 7.11 Å². The zero-order valence-electron chi connectivity index (χ0n) is 10.3. The van der Waals surface area contributed by atoms with Crippen LogP contribution in [0.25, 0.3) is 0 Å². The highest BCUT2D eigenvalue weighted by Gasteiger charge is 2.16. The Morgan fingerprint density at radius 2 is 1.94 bits per heavy atom. The van der Waals surface area contributed by atoms with Crippen molar-refractivity contribution in [3.63, 3.8) is 0 Å². The summed E-state index contributed by atoms with van der Waals surface area (Å²) in [6.07, 6.45) is 0.